The molecule has 0 bridgehead atoms. The molecular formula is C20H23F3N4O2S. The number of thioether (sulfide) groups is 1. The van der Waals surface area contributed by atoms with Gasteiger partial charge in [0.15, 0.2) is 5.17 Å². The topological polar surface area (TPSA) is 82.9 Å². The molecule has 2 N–H and O–H groups in total. The predicted octanol–water partition coefficient (Wildman–Crippen LogP) is 4.58. The third kappa shape index (κ3) is 5.84. The third-order valence-electron chi connectivity index (χ3n) is 5.15. The van der Waals surface area contributed by atoms with Gasteiger partial charge in [-0.2, -0.15) is 18.3 Å². The summed E-state index contributed by atoms with van der Waals surface area (Å²) in [5, 5.41) is 12.7. The summed E-state index contributed by atoms with van der Waals surface area (Å²) in [5.74, 6) is -0.688. The van der Waals surface area contributed by atoms with Crippen LogP contribution in [0.5, 0.6) is 0 Å². The number of rotatable bonds is 5. The molecule has 1 aromatic rings. The lowest BCUT2D eigenvalue weighted by Crippen LogP contribution is -2.28. The maximum absolute atomic E-state index is 13.1. The van der Waals surface area contributed by atoms with Crippen LogP contribution in [-0.4, -0.2) is 27.9 Å². The van der Waals surface area contributed by atoms with Crippen molar-refractivity contribution in [2.75, 3.05) is 5.32 Å². The molecule has 0 radical (unpaired) electrons. The van der Waals surface area contributed by atoms with Crippen LogP contribution in [0.3, 0.4) is 0 Å². The summed E-state index contributed by atoms with van der Waals surface area (Å²) in [5.41, 5.74) is -0.348. The highest BCUT2D eigenvalue weighted by atomic mass is 32.2. The normalized spacial score (nSPS) is 22.3. The van der Waals surface area contributed by atoms with Crippen LogP contribution < -0.4 is 10.6 Å². The van der Waals surface area contributed by atoms with E-state index in [0.717, 1.165) is 36.4 Å². The van der Waals surface area contributed by atoms with Gasteiger partial charge < -0.3 is 10.6 Å². The fraction of sp³-hybridized carbons (Fsp3) is 0.500. The van der Waals surface area contributed by atoms with Crippen LogP contribution in [0, 0.1) is 5.92 Å². The Morgan fingerprint density at radius 2 is 1.93 bits per heavy atom. The van der Waals surface area contributed by atoms with Crippen LogP contribution in [0.1, 0.15) is 51.0 Å². The lowest BCUT2D eigenvalue weighted by Gasteiger charge is -2.20. The first-order valence-electron chi connectivity index (χ1n) is 9.80. The molecule has 1 heterocycles. The average molecular weight is 440 g/mol. The molecule has 30 heavy (non-hydrogen) atoms. The number of carbonyl (C=O) groups excluding carboxylic acids is 2. The largest absolute Gasteiger partial charge is 0.418 e. The molecule has 0 aromatic heterocycles. The van der Waals surface area contributed by atoms with Crippen LogP contribution in [0.4, 0.5) is 18.9 Å². The highest BCUT2D eigenvalue weighted by molar-refractivity contribution is 8.15. The molecule has 6 nitrogen and oxygen atoms in total. The maximum atomic E-state index is 13.1. The van der Waals surface area contributed by atoms with Crippen molar-refractivity contribution in [1.82, 2.24) is 5.32 Å². The molecule has 1 aliphatic carbocycles. The molecule has 0 unspecified atom stereocenters. The Balaban J connectivity index is 1.59. The number of carbonyl (C=O) groups is 2. The first-order chi connectivity index (χ1) is 14.2. The number of amidine groups is 1. The second-order valence-electron chi connectivity index (χ2n) is 7.37. The van der Waals surface area contributed by atoms with Crippen molar-refractivity contribution >= 4 is 40.1 Å². The van der Waals surface area contributed by atoms with Crippen LogP contribution >= 0.6 is 11.8 Å². The number of nitrogens with one attached hydrogen (secondary N) is 2. The van der Waals surface area contributed by atoms with Gasteiger partial charge in [0.25, 0.3) is 0 Å². The van der Waals surface area contributed by atoms with E-state index in [9.17, 15) is 22.8 Å². The average Bonchev–Trinajstić information content (AvgIpc) is 3.05. The first kappa shape index (κ1) is 22.3. The van der Waals surface area contributed by atoms with Gasteiger partial charge in [0.2, 0.25) is 11.8 Å². The molecule has 1 saturated carbocycles. The second kappa shape index (κ2) is 9.63. The lowest BCUT2D eigenvalue weighted by atomic mass is 9.86. The van der Waals surface area contributed by atoms with Gasteiger partial charge in [0.1, 0.15) is 5.25 Å². The van der Waals surface area contributed by atoms with Crippen molar-refractivity contribution in [3.8, 4) is 0 Å². The second-order valence-corrected chi connectivity index (χ2v) is 8.56. The summed E-state index contributed by atoms with van der Waals surface area (Å²) in [6, 6.07) is 4.72. The van der Waals surface area contributed by atoms with Crippen molar-refractivity contribution < 1.29 is 22.8 Å². The Bertz CT molecular complexity index is 864. The van der Waals surface area contributed by atoms with Crippen molar-refractivity contribution in [1.29, 1.82) is 0 Å². The molecule has 2 aliphatic rings. The van der Waals surface area contributed by atoms with Gasteiger partial charge in [0, 0.05) is 12.1 Å². The SMILES string of the molecule is C/C(=N/N=C1\NC(=O)[C@H](CC(=O)Nc2ccccc2C(F)(F)F)S1)C1CCCCC1. The molecule has 0 spiro atoms. The monoisotopic (exact) mass is 440 g/mol. The van der Waals surface area contributed by atoms with Gasteiger partial charge in [-0.25, -0.2) is 0 Å². The molecule has 1 aliphatic heterocycles. The van der Waals surface area contributed by atoms with Crippen LogP contribution in [0.2, 0.25) is 0 Å². The number of hydrogen-bond donors (Lipinski definition) is 2. The van der Waals surface area contributed by atoms with Gasteiger partial charge in [0.05, 0.1) is 11.3 Å². The van der Waals surface area contributed by atoms with Gasteiger partial charge in [-0.1, -0.05) is 43.2 Å². The first-order valence-corrected chi connectivity index (χ1v) is 10.7. The summed E-state index contributed by atoms with van der Waals surface area (Å²) in [6.45, 7) is 1.92. The fourth-order valence-electron chi connectivity index (χ4n) is 3.52. The summed E-state index contributed by atoms with van der Waals surface area (Å²) in [7, 11) is 0. The number of nitrogens with zero attached hydrogens (tertiary/aromatic N) is 2. The zero-order chi connectivity index (χ0) is 21.7. The Kier molecular flexibility index (Phi) is 7.17. The van der Waals surface area contributed by atoms with E-state index < -0.39 is 28.8 Å². The van der Waals surface area contributed by atoms with Gasteiger partial charge in [-0.15, -0.1) is 5.10 Å². The van der Waals surface area contributed by atoms with Crippen LogP contribution in [0.15, 0.2) is 34.5 Å². The highest BCUT2D eigenvalue weighted by Gasteiger charge is 2.35. The lowest BCUT2D eigenvalue weighted by molar-refractivity contribution is -0.137. The number of benzene rings is 1. The van der Waals surface area contributed by atoms with E-state index >= 15 is 0 Å². The van der Waals surface area contributed by atoms with E-state index in [1.165, 1.54) is 37.5 Å². The van der Waals surface area contributed by atoms with Gasteiger partial charge in [-0.3, -0.25) is 9.59 Å². The Hall–Kier alpha value is -2.36. The van der Waals surface area contributed by atoms with Crippen molar-refractivity contribution in [3.63, 3.8) is 0 Å². The minimum atomic E-state index is -4.59. The van der Waals surface area contributed by atoms with Crippen LogP contribution in [0.25, 0.3) is 0 Å². The minimum Gasteiger partial charge on any atom is -0.325 e. The summed E-state index contributed by atoms with van der Waals surface area (Å²) in [6.07, 6.45) is 0.901. The fourth-order valence-corrected chi connectivity index (χ4v) is 4.44. The van der Waals surface area contributed by atoms with E-state index in [1.807, 2.05) is 6.92 Å². The molecule has 1 atom stereocenters. The molecule has 1 aromatic carbocycles. The predicted molar refractivity (Wildman–Crippen MR) is 111 cm³/mol. The Morgan fingerprint density at radius 1 is 1.23 bits per heavy atom. The summed E-state index contributed by atoms with van der Waals surface area (Å²) in [4.78, 5) is 24.4. The van der Waals surface area contributed by atoms with E-state index in [-0.39, 0.29) is 12.1 Å². The molecule has 1 saturated heterocycles. The zero-order valence-electron chi connectivity index (χ0n) is 16.5. The smallest absolute Gasteiger partial charge is 0.325 e. The van der Waals surface area contributed by atoms with Crippen LogP contribution in [-0.2, 0) is 15.8 Å². The molecule has 2 fully saturated rings. The third-order valence-corrected chi connectivity index (χ3v) is 6.22. The number of anilines is 1. The quantitative estimate of drug-likeness (QED) is 0.519. The van der Waals surface area contributed by atoms with E-state index in [1.54, 1.807) is 0 Å². The highest BCUT2D eigenvalue weighted by Crippen LogP contribution is 2.35. The zero-order valence-corrected chi connectivity index (χ0v) is 17.3. The molecule has 162 valence electrons. The summed E-state index contributed by atoms with van der Waals surface area (Å²) >= 11 is 1.06. The number of amides is 2. The van der Waals surface area contributed by atoms with E-state index in [4.69, 9.17) is 0 Å². The van der Waals surface area contributed by atoms with Crippen molar-refractivity contribution in [2.24, 2.45) is 16.1 Å². The number of alkyl halides is 3. The maximum Gasteiger partial charge on any atom is 0.418 e. The standard InChI is InChI=1S/C20H23F3N4O2S/c1-12(13-7-3-2-4-8-13)26-27-19-25-18(29)16(30-19)11-17(28)24-15-10-6-5-9-14(15)20(21,22)23/h5-6,9-10,13,16H,2-4,7-8,11H2,1H3,(H,24,28)(H,25,27,29)/b26-12-/t16-/m0/s1. The molecule has 3 rings (SSSR count). The van der Waals surface area contributed by atoms with Crippen molar-refractivity contribution in [2.45, 2.75) is 56.9 Å². The molecule has 10 heteroatoms. The van der Waals surface area contributed by atoms with Gasteiger partial charge in [-0.05, 0) is 37.8 Å². The molecular weight excluding hydrogens is 417 g/mol. The Labute approximate surface area is 176 Å². The van der Waals surface area contributed by atoms with Gasteiger partial charge >= 0.3 is 6.18 Å². The number of hydrogen-bond acceptors (Lipinski definition) is 5. The number of halogens is 3. The van der Waals surface area contributed by atoms with E-state index in [0.29, 0.717) is 11.1 Å². The number of para-hydroxylation sites is 1. The summed E-state index contributed by atoms with van der Waals surface area (Å²) < 4.78 is 39.2. The minimum absolute atomic E-state index is 0.271. The Morgan fingerprint density at radius 3 is 2.63 bits per heavy atom. The van der Waals surface area contributed by atoms with Crippen molar-refractivity contribution in [3.05, 3.63) is 29.8 Å². The van der Waals surface area contributed by atoms with E-state index in [2.05, 4.69) is 20.8 Å². The molecule has 2 amide bonds.